The van der Waals surface area contributed by atoms with Gasteiger partial charge in [-0.3, -0.25) is 0 Å². The fraction of sp³-hybridized carbons (Fsp3) is 0.720. The number of carbonyl (C=O) groups excluding carboxylic acids is 1. The number of rotatable bonds is 12. The van der Waals surface area contributed by atoms with Gasteiger partial charge in [0.15, 0.2) is 0 Å². The van der Waals surface area contributed by atoms with Crippen LogP contribution in [0.3, 0.4) is 0 Å². The molecule has 5 nitrogen and oxygen atoms in total. The van der Waals surface area contributed by atoms with Gasteiger partial charge in [-0.15, -0.1) is 0 Å². The third kappa shape index (κ3) is 9.92. The molecule has 0 unspecified atom stereocenters. The molecule has 0 aliphatic heterocycles. The van der Waals surface area contributed by atoms with Crippen LogP contribution in [0.15, 0.2) is 24.3 Å². The molecule has 0 atom stereocenters. The number of carbonyl (C=O) groups is 1. The lowest BCUT2D eigenvalue weighted by atomic mass is 9.92. The molecular weight excluding hydrogens is 433 g/mol. The number of alkyl halides is 3. The molecule has 1 aromatic carbocycles. The number of hydrogen-bond acceptors (Lipinski definition) is 4. The number of halogens is 3. The van der Waals surface area contributed by atoms with Crippen LogP contribution >= 0.6 is 0 Å². The molecule has 0 N–H and O–H groups in total. The summed E-state index contributed by atoms with van der Waals surface area (Å²) in [6.45, 7) is 5.25. The van der Waals surface area contributed by atoms with Crippen molar-refractivity contribution in [3.05, 3.63) is 29.8 Å². The molecule has 0 radical (unpaired) electrons. The highest BCUT2D eigenvalue weighted by molar-refractivity contribution is 5.70. The molecule has 1 amide bonds. The van der Waals surface area contributed by atoms with Gasteiger partial charge in [0, 0.05) is 19.7 Å². The first-order chi connectivity index (χ1) is 15.7. The molecule has 0 spiro atoms. The average molecular weight is 473 g/mol. The van der Waals surface area contributed by atoms with Gasteiger partial charge in [0.1, 0.15) is 5.75 Å². The summed E-state index contributed by atoms with van der Waals surface area (Å²) in [4.78, 5) is 16.3. The van der Waals surface area contributed by atoms with E-state index in [1.54, 1.807) is 11.9 Å². The van der Waals surface area contributed by atoms with Crippen LogP contribution in [0.25, 0.3) is 0 Å². The molecule has 2 rings (SSSR count). The molecule has 1 fully saturated rings. The molecule has 0 saturated heterocycles. The van der Waals surface area contributed by atoms with Crippen molar-refractivity contribution in [2.24, 2.45) is 0 Å². The first-order valence-electron chi connectivity index (χ1n) is 12.1. The van der Waals surface area contributed by atoms with Crippen molar-refractivity contribution >= 4 is 6.09 Å². The maximum absolute atomic E-state index is 12.7. The average Bonchev–Trinajstić information content (AvgIpc) is 2.78. The van der Waals surface area contributed by atoms with E-state index in [1.807, 2.05) is 0 Å². The van der Waals surface area contributed by atoms with E-state index in [1.165, 1.54) is 31.4 Å². The summed E-state index contributed by atoms with van der Waals surface area (Å²) in [6.07, 6.45) is 4.67. The molecule has 1 aliphatic rings. The molecule has 0 aromatic heterocycles. The van der Waals surface area contributed by atoms with Crippen molar-refractivity contribution in [2.45, 2.75) is 83.0 Å². The summed E-state index contributed by atoms with van der Waals surface area (Å²) in [6, 6.07) is 4.21. The second-order valence-corrected chi connectivity index (χ2v) is 9.02. The molecule has 1 aromatic rings. The highest BCUT2D eigenvalue weighted by Gasteiger charge is 2.31. The van der Waals surface area contributed by atoms with Crippen molar-refractivity contribution in [2.75, 3.05) is 33.8 Å². The second kappa shape index (κ2) is 13.8. The SMILES string of the molecule is CCCCCN(C)CCCCOC1CCC(N(C)C(=O)Oc2ccc(C(F)(F)F)cc2)CC1. The smallest absolute Gasteiger partial charge is 0.410 e. The fourth-order valence-electron chi connectivity index (χ4n) is 4.11. The molecular formula is C25H39F3N2O3. The number of nitrogens with zero attached hydrogens (tertiary/aromatic N) is 2. The van der Waals surface area contributed by atoms with Crippen LogP contribution in [0.2, 0.25) is 0 Å². The van der Waals surface area contributed by atoms with E-state index >= 15 is 0 Å². The zero-order valence-corrected chi connectivity index (χ0v) is 20.2. The third-order valence-corrected chi connectivity index (χ3v) is 6.30. The first kappa shape index (κ1) is 27.4. The standard InChI is InChI=1S/C25H39F3N2O3/c1-4-5-6-17-29(2)18-7-8-19-32-22-15-11-21(12-16-22)30(3)24(31)33-23-13-9-20(10-14-23)25(26,27)28/h9-10,13-14,21-22H,4-8,11-12,15-19H2,1-3H3. The summed E-state index contributed by atoms with van der Waals surface area (Å²) in [5.74, 6) is 0.105. The summed E-state index contributed by atoms with van der Waals surface area (Å²) in [5, 5.41) is 0. The molecule has 0 heterocycles. The van der Waals surface area contributed by atoms with Crippen LogP contribution < -0.4 is 4.74 Å². The van der Waals surface area contributed by atoms with Gasteiger partial charge in [-0.05, 0) is 89.3 Å². The minimum absolute atomic E-state index is 0.0450. The number of ether oxygens (including phenoxy) is 2. The van der Waals surface area contributed by atoms with Crippen LogP contribution in [-0.4, -0.2) is 61.8 Å². The lowest BCUT2D eigenvalue weighted by molar-refractivity contribution is -0.137. The van der Waals surface area contributed by atoms with Crippen molar-refractivity contribution in [3.63, 3.8) is 0 Å². The van der Waals surface area contributed by atoms with Crippen molar-refractivity contribution in [1.82, 2.24) is 9.80 Å². The van der Waals surface area contributed by atoms with Crippen molar-refractivity contribution < 1.29 is 27.4 Å². The molecule has 8 heteroatoms. The summed E-state index contributed by atoms with van der Waals surface area (Å²) in [7, 11) is 3.85. The highest BCUT2D eigenvalue weighted by Crippen LogP contribution is 2.30. The van der Waals surface area contributed by atoms with Crippen LogP contribution in [0.4, 0.5) is 18.0 Å². The van der Waals surface area contributed by atoms with E-state index < -0.39 is 17.8 Å². The summed E-state index contributed by atoms with van der Waals surface area (Å²) in [5.41, 5.74) is -0.770. The Hall–Kier alpha value is -1.80. The Balaban J connectivity index is 1.62. The van der Waals surface area contributed by atoms with Crippen LogP contribution in [0, 0.1) is 0 Å². The Morgan fingerprint density at radius 3 is 2.15 bits per heavy atom. The van der Waals surface area contributed by atoms with E-state index in [0.717, 1.165) is 70.4 Å². The summed E-state index contributed by atoms with van der Waals surface area (Å²) >= 11 is 0. The zero-order valence-electron chi connectivity index (χ0n) is 20.2. The Morgan fingerprint density at radius 2 is 1.58 bits per heavy atom. The van der Waals surface area contributed by atoms with Gasteiger partial charge in [0.25, 0.3) is 0 Å². The minimum atomic E-state index is -4.41. The number of hydrogen-bond donors (Lipinski definition) is 0. The lowest BCUT2D eigenvalue weighted by Crippen LogP contribution is -2.42. The van der Waals surface area contributed by atoms with E-state index in [9.17, 15) is 18.0 Å². The van der Waals surface area contributed by atoms with E-state index in [0.29, 0.717) is 0 Å². The van der Waals surface area contributed by atoms with Crippen molar-refractivity contribution in [3.8, 4) is 5.75 Å². The maximum atomic E-state index is 12.7. The number of unbranched alkanes of at least 4 members (excludes halogenated alkanes) is 3. The van der Waals surface area contributed by atoms with Crippen LogP contribution in [0.1, 0.15) is 70.3 Å². The van der Waals surface area contributed by atoms with Gasteiger partial charge in [-0.2, -0.15) is 13.2 Å². The van der Waals surface area contributed by atoms with Gasteiger partial charge in [0.2, 0.25) is 0 Å². The van der Waals surface area contributed by atoms with E-state index in [4.69, 9.17) is 9.47 Å². The summed E-state index contributed by atoms with van der Waals surface area (Å²) < 4.78 is 49.3. The van der Waals surface area contributed by atoms with Gasteiger partial charge < -0.3 is 19.3 Å². The Labute approximate surface area is 196 Å². The Bertz CT molecular complexity index is 689. The molecule has 0 bridgehead atoms. The monoisotopic (exact) mass is 472 g/mol. The fourth-order valence-corrected chi connectivity index (χ4v) is 4.11. The van der Waals surface area contributed by atoms with Crippen LogP contribution in [-0.2, 0) is 10.9 Å². The number of benzene rings is 1. The molecule has 188 valence electrons. The van der Waals surface area contributed by atoms with Gasteiger partial charge in [0.05, 0.1) is 11.7 Å². The van der Waals surface area contributed by atoms with Gasteiger partial charge in [-0.25, -0.2) is 4.79 Å². The predicted octanol–water partition coefficient (Wildman–Crippen LogP) is 6.37. The molecule has 1 aliphatic carbocycles. The molecule has 33 heavy (non-hydrogen) atoms. The van der Waals surface area contributed by atoms with Crippen molar-refractivity contribution in [1.29, 1.82) is 0 Å². The maximum Gasteiger partial charge on any atom is 0.416 e. The van der Waals surface area contributed by atoms with Gasteiger partial charge >= 0.3 is 12.3 Å². The highest BCUT2D eigenvalue weighted by atomic mass is 19.4. The van der Waals surface area contributed by atoms with E-state index in [-0.39, 0.29) is 17.9 Å². The predicted molar refractivity (Wildman–Crippen MR) is 123 cm³/mol. The second-order valence-electron chi connectivity index (χ2n) is 9.02. The normalized spacial score (nSPS) is 19.0. The first-order valence-corrected chi connectivity index (χ1v) is 12.1. The minimum Gasteiger partial charge on any atom is -0.410 e. The Morgan fingerprint density at radius 1 is 0.970 bits per heavy atom. The quantitative estimate of drug-likeness (QED) is 0.332. The number of amides is 1. The topological polar surface area (TPSA) is 42.0 Å². The van der Waals surface area contributed by atoms with Crippen LogP contribution in [0.5, 0.6) is 5.75 Å². The lowest BCUT2D eigenvalue weighted by Gasteiger charge is -2.34. The largest absolute Gasteiger partial charge is 0.416 e. The Kier molecular flexibility index (Phi) is 11.5. The zero-order chi connectivity index (χ0) is 24.3. The van der Waals surface area contributed by atoms with E-state index in [2.05, 4.69) is 18.9 Å². The van der Waals surface area contributed by atoms with Gasteiger partial charge in [-0.1, -0.05) is 19.8 Å². The third-order valence-electron chi connectivity index (χ3n) is 6.30. The molecule has 1 saturated carbocycles.